The van der Waals surface area contributed by atoms with E-state index in [1.54, 1.807) is 44.1 Å². The number of thiol groups is 2. The van der Waals surface area contributed by atoms with Gasteiger partial charge in [-0.15, -0.1) is 0 Å². The van der Waals surface area contributed by atoms with E-state index >= 15 is 28.8 Å². The topological polar surface area (TPSA) is 802 Å². The quantitative estimate of drug-likeness (QED) is 0.00848. The number of aliphatic carboxylic acids is 1. The molecule has 1 saturated heterocycles. The van der Waals surface area contributed by atoms with Crippen LogP contribution in [-0.2, 0) is 86.4 Å². The molecule has 0 bridgehead atoms. The lowest BCUT2D eigenvalue weighted by Crippen LogP contribution is -2.61. The predicted octanol–water partition coefficient (Wildman–Crippen LogP) is -5.52. The lowest BCUT2D eigenvalue weighted by Gasteiger charge is -2.31. The lowest BCUT2D eigenvalue weighted by atomic mass is 10.00. The molecule has 1 heterocycles. The smallest absolute Gasteiger partial charge is 0.312 e. The zero-order valence-corrected chi connectivity index (χ0v) is 80.1. The molecular formula is C88H136N30O19S2. The van der Waals surface area contributed by atoms with Crippen LogP contribution in [0.1, 0.15) is 126 Å². The standard InChI is InChI=1S/C88H136N30O19S2/c1-116(2)88(117(3)4)115-61(22-11-39-101-85(95)96)75(128)110-65(46-51-24-29-52-15-5-6-16-53(52)43-51)78(131)114-67(48-139)80(133)111-63(44-49-25-30-54(119)31-26-49)76(129)107-59(20-12-40-102-86(97)136)71(124)105-57(17-7-8-36-89)73(126)109-62(34-35-69(121)122)82(135)118-42-14-23-68(118)81(134)112-64(45-50-27-32-55(120)33-28-50)77(130)108-58(19-10-38-100-84(93)94)72(125)106-60(21-13-41-103-87(98)137)74(127)113-66(47-138)79(132)104-56(70(90)123)18-9-37-99-83(91)92/h5-6,15-16,24-33,43,56-68,119-120,138-139H,7-14,17-23,34-42,44-48,89H2,1-4H3,(H2,90,123)(H,104,132)(H,105,124)(H,106,125)(H,107,129)(H,108,130)(H,109,126)(H,110,128)(H,111,133)(H,112,134)(H,113,127)(H,114,131)(H,121,122)(H4,91,92,99)(H4,93,94,100)(H4,95,96,101)(H3,97,102,136)(H3,98,103,137)/t56-,57-,58-,59-,60-,61-,62+,63-,64-,65-,66-,67-,68-/m0/s1. The second-order valence-corrected chi connectivity index (χ2v) is 34.3. The first-order valence-electron chi connectivity index (χ1n) is 45.4. The summed E-state index contributed by atoms with van der Waals surface area (Å²) in [5, 5.41) is 96.8. The van der Waals surface area contributed by atoms with E-state index in [0.29, 0.717) is 29.1 Å². The van der Waals surface area contributed by atoms with E-state index < -0.39 is 198 Å². The van der Waals surface area contributed by atoms with Crippen molar-refractivity contribution in [2.45, 2.75) is 207 Å². The molecule has 0 saturated carbocycles. The summed E-state index contributed by atoms with van der Waals surface area (Å²) in [6.07, 6.45) is -2.32. The number of nitrogens with one attached hydrogen (secondary N) is 19. The number of nitrogens with zero attached hydrogens (tertiary/aromatic N) is 4. The van der Waals surface area contributed by atoms with Crippen molar-refractivity contribution >= 4 is 155 Å². The van der Waals surface area contributed by atoms with Crippen LogP contribution in [0.25, 0.3) is 10.8 Å². The molecule has 4 aromatic carbocycles. The average molecular weight is 1980 g/mol. The van der Waals surface area contributed by atoms with Crippen LogP contribution in [0.2, 0.25) is 0 Å². The molecule has 0 spiro atoms. The van der Waals surface area contributed by atoms with Crippen molar-refractivity contribution in [1.29, 1.82) is 16.2 Å². The number of carbonyl (C=O) groups is 16. The Balaban J connectivity index is 1.47. The number of amides is 17. The Morgan fingerprint density at radius 3 is 1.16 bits per heavy atom. The number of phenols is 2. The molecule has 49 nitrogen and oxygen atoms in total. The van der Waals surface area contributed by atoms with Gasteiger partial charge in [0.2, 0.25) is 76.8 Å². The molecule has 1 fully saturated rings. The SMILES string of the molecule is CN(C)C(=N[C@@H](CCCNC(=N)N)C(=O)N[C@@H](Cc1ccc2ccccc2c1)C(=O)N[C@@H](CS)C(=O)N[C@@H](Cc1ccc(O)cc1)C(=O)N[C@@H](CCCNC(N)=O)C(=O)N[C@@H](CCCCN)C(=O)N[C@H](CCC(=O)O)C(=O)N1CCC[C@H]1C(=O)N[C@@H](Cc1ccc(O)cc1)C(=O)N[C@@H](CCCNC(=N)N)C(=O)N[C@@H](CCCNC(N)=O)C(=O)N[C@@H](CS)C(=O)N[C@@H](CCCNC(=N)N)C(N)=O)N(C)C. The summed E-state index contributed by atoms with van der Waals surface area (Å²) in [7, 11) is 6.93. The van der Waals surface area contributed by atoms with E-state index in [0.717, 1.165) is 15.7 Å². The van der Waals surface area contributed by atoms with Crippen molar-refractivity contribution in [1.82, 2.24) is 99.8 Å². The van der Waals surface area contributed by atoms with Gasteiger partial charge < -0.3 is 155 Å². The number of carboxylic acid groups (broad SMARTS) is 1. The number of aliphatic imine (C=N–C) groups is 1. The molecular weight excluding hydrogens is 1850 g/mol. The molecule has 0 aliphatic carbocycles. The van der Waals surface area contributed by atoms with Gasteiger partial charge in [-0.05, 0) is 161 Å². The van der Waals surface area contributed by atoms with Crippen LogP contribution in [0, 0.1) is 16.2 Å². The van der Waals surface area contributed by atoms with E-state index in [9.17, 15) is 63.3 Å². The van der Waals surface area contributed by atoms with Gasteiger partial charge in [0.1, 0.15) is 90.0 Å². The van der Waals surface area contributed by atoms with Gasteiger partial charge >= 0.3 is 18.0 Å². The third-order valence-corrected chi connectivity index (χ3v) is 22.8. The number of hydrogen-bond donors (Lipinski definition) is 31. The summed E-state index contributed by atoms with van der Waals surface area (Å²) in [6, 6.07) is 2.17. The minimum Gasteiger partial charge on any atom is -0.508 e. The van der Waals surface area contributed by atoms with Crippen LogP contribution in [0.3, 0.4) is 0 Å². The number of guanidine groups is 4. The number of aromatic hydroxyl groups is 2. The maximum absolute atomic E-state index is 15.2. The Labute approximate surface area is 815 Å². The fourth-order valence-electron chi connectivity index (χ4n) is 14.9. The van der Waals surface area contributed by atoms with Crippen LogP contribution in [0.4, 0.5) is 9.59 Å². The monoisotopic (exact) mass is 1980 g/mol. The molecule has 36 N–H and O–H groups in total. The summed E-state index contributed by atoms with van der Waals surface area (Å²) in [5.74, 6) is -15.8. The maximum atomic E-state index is 15.2. The number of urea groups is 2. The Kier molecular flexibility index (Phi) is 49.9. The number of benzene rings is 4. The zero-order chi connectivity index (χ0) is 103. The molecule has 0 radical (unpaired) electrons. The third kappa shape index (κ3) is 42.0. The highest BCUT2D eigenvalue weighted by Gasteiger charge is 2.42. The number of carboxylic acids is 1. The Bertz CT molecular complexity index is 4880. The van der Waals surface area contributed by atoms with Gasteiger partial charge in [-0.3, -0.25) is 83.4 Å². The van der Waals surface area contributed by atoms with Gasteiger partial charge in [0.15, 0.2) is 23.8 Å². The van der Waals surface area contributed by atoms with Crippen LogP contribution in [0.15, 0.2) is 96.0 Å². The molecule has 764 valence electrons. The van der Waals surface area contributed by atoms with Gasteiger partial charge in [-0.25, -0.2) is 14.6 Å². The number of rotatable bonds is 60. The number of nitrogens with two attached hydrogens (primary N) is 7. The Morgan fingerprint density at radius 1 is 0.410 bits per heavy atom. The van der Waals surface area contributed by atoms with E-state index in [1.165, 1.54) is 48.5 Å². The second-order valence-electron chi connectivity index (χ2n) is 33.5. The van der Waals surface area contributed by atoms with Gasteiger partial charge in [-0.2, -0.15) is 25.3 Å². The summed E-state index contributed by atoms with van der Waals surface area (Å²) in [4.78, 5) is 236. The minimum absolute atomic E-state index is 0.00291. The molecule has 139 heavy (non-hydrogen) atoms. The summed E-state index contributed by atoms with van der Waals surface area (Å²) in [6.45, 7) is -0.0972. The number of phenolic OH excluding ortho intramolecular Hbond substituents is 2. The van der Waals surface area contributed by atoms with Crippen molar-refractivity contribution in [2.75, 3.05) is 85.5 Å². The molecule has 5 rings (SSSR count). The molecule has 1 aliphatic rings. The highest BCUT2D eigenvalue weighted by molar-refractivity contribution is 7.80. The number of hydrogen-bond acceptors (Lipinski definition) is 25. The van der Waals surface area contributed by atoms with Crippen molar-refractivity contribution in [3.05, 3.63) is 108 Å². The van der Waals surface area contributed by atoms with Gasteiger partial charge in [0.25, 0.3) is 0 Å². The van der Waals surface area contributed by atoms with Crippen LogP contribution in [0.5, 0.6) is 11.5 Å². The molecule has 17 amide bonds. The Hall–Kier alpha value is -14.4. The molecule has 4 aromatic rings. The van der Waals surface area contributed by atoms with Gasteiger partial charge in [0, 0.05) is 105 Å². The maximum Gasteiger partial charge on any atom is 0.312 e. The molecule has 13 atom stereocenters. The first-order chi connectivity index (χ1) is 66.0. The average Bonchev–Trinajstić information content (AvgIpc) is 1.73. The number of unbranched alkanes of at least 4 members (excludes halogenated alkanes) is 1. The zero-order valence-electron chi connectivity index (χ0n) is 78.3. The molecule has 0 aromatic heterocycles. The highest BCUT2D eigenvalue weighted by atomic mass is 32.1. The fourth-order valence-corrected chi connectivity index (χ4v) is 15.4. The van der Waals surface area contributed by atoms with E-state index in [-0.39, 0.29) is 184 Å². The van der Waals surface area contributed by atoms with E-state index in [2.05, 4.69) is 110 Å². The summed E-state index contributed by atoms with van der Waals surface area (Å²) < 4.78 is 0. The van der Waals surface area contributed by atoms with E-state index in [1.807, 2.05) is 36.4 Å². The van der Waals surface area contributed by atoms with Crippen molar-refractivity contribution in [3.8, 4) is 11.5 Å². The minimum atomic E-state index is -1.77. The Morgan fingerprint density at radius 2 is 0.755 bits per heavy atom. The van der Waals surface area contributed by atoms with Crippen LogP contribution in [-0.4, -0.2) is 313 Å². The van der Waals surface area contributed by atoms with Crippen LogP contribution < -0.4 is 125 Å². The van der Waals surface area contributed by atoms with Gasteiger partial charge in [0.05, 0.1) is 0 Å². The number of fused-ring (bicyclic) bond motifs is 1. The largest absolute Gasteiger partial charge is 0.508 e. The molecule has 51 heteroatoms. The fraction of sp³-hybridized carbons (Fsp3) is 0.523. The molecule has 0 unspecified atom stereocenters. The van der Waals surface area contributed by atoms with E-state index in [4.69, 9.17) is 61.4 Å². The van der Waals surface area contributed by atoms with Gasteiger partial charge in [-0.1, -0.05) is 66.7 Å². The summed E-state index contributed by atoms with van der Waals surface area (Å²) in [5.41, 5.74) is 40.0. The van der Waals surface area contributed by atoms with Crippen molar-refractivity contribution in [2.24, 2.45) is 45.1 Å². The number of likely N-dealkylation sites (tertiary alicyclic amines) is 1. The summed E-state index contributed by atoms with van der Waals surface area (Å²) >= 11 is 8.71. The first-order valence-corrected chi connectivity index (χ1v) is 46.6. The lowest BCUT2D eigenvalue weighted by molar-refractivity contribution is -0.143. The number of carbonyl (C=O) groups excluding carboxylic acids is 15. The van der Waals surface area contributed by atoms with Crippen molar-refractivity contribution in [3.63, 3.8) is 0 Å². The first kappa shape index (κ1) is 115. The third-order valence-electron chi connectivity index (χ3n) is 22.0. The normalized spacial score (nSPS) is 14.6. The second kappa shape index (κ2) is 60.2. The van der Waals surface area contributed by atoms with Crippen molar-refractivity contribution < 1.29 is 92.0 Å². The molecule has 1 aliphatic heterocycles. The van der Waals surface area contributed by atoms with Crippen LogP contribution >= 0.6 is 25.3 Å². The number of primary amides is 3. The highest BCUT2D eigenvalue weighted by Crippen LogP contribution is 2.24. The predicted molar refractivity (Wildman–Crippen MR) is 524 cm³/mol.